The summed E-state index contributed by atoms with van der Waals surface area (Å²) >= 11 is 0. The second kappa shape index (κ2) is 7.65. The third-order valence-corrected chi connectivity index (χ3v) is 3.15. The van der Waals surface area contributed by atoms with E-state index < -0.39 is 0 Å². The van der Waals surface area contributed by atoms with Crippen LogP contribution >= 0.6 is 0 Å². The van der Waals surface area contributed by atoms with Gasteiger partial charge in [-0.1, -0.05) is 29.8 Å². The summed E-state index contributed by atoms with van der Waals surface area (Å²) in [6, 6.07) is 7.87. The van der Waals surface area contributed by atoms with Crippen LogP contribution in [0.15, 0.2) is 28.8 Å². The van der Waals surface area contributed by atoms with Gasteiger partial charge < -0.3 is 15.0 Å². The van der Waals surface area contributed by atoms with Crippen LogP contribution in [0.4, 0.5) is 0 Å². The standard InChI is InChI=1S/C15H21N3O2/c1-19-13-8-5-4-7-12(13)11-14-17-15(20-18-14)9-3-2-6-10-16/h4-5,7-8H,2-3,6,9-11,16H2,1H3. The molecule has 1 aromatic heterocycles. The highest BCUT2D eigenvalue weighted by Crippen LogP contribution is 2.19. The van der Waals surface area contributed by atoms with Crippen LogP contribution in [0.3, 0.4) is 0 Å². The van der Waals surface area contributed by atoms with Crippen molar-refractivity contribution < 1.29 is 9.26 Å². The van der Waals surface area contributed by atoms with Gasteiger partial charge in [0.15, 0.2) is 5.82 Å². The number of nitrogens with two attached hydrogens (primary N) is 1. The SMILES string of the molecule is COc1ccccc1Cc1noc(CCCCCN)n1. The average Bonchev–Trinajstić information content (AvgIpc) is 2.92. The number of methoxy groups -OCH3 is 1. The molecule has 0 spiro atoms. The van der Waals surface area contributed by atoms with Crippen molar-refractivity contribution in [3.05, 3.63) is 41.5 Å². The quantitative estimate of drug-likeness (QED) is 0.748. The normalized spacial score (nSPS) is 10.7. The van der Waals surface area contributed by atoms with Crippen LogP contribution in [0.25, 0.3) is 0 Å². The summed E-state index contributed by atoms with van der Waals surface area (Å²) in [6.07, 6.45) is 4.62. The maximum absolute atomic E-state index is 5.46. The van der Waals surface area contributed by atoms with Crippen LogP contribution in [0.1, 0.15) is 36.5 Å². The van der Waals surface area contributed by atoms with Gasteiger partial charge in [0, 0.05) is 18.4 Å². The molecular weight excluding hydrogens is 254 g/mol. The number of benzene rings is 1. The first-order valence-electron chi connectivity index (χ1n) is 6.97. The van der Waals surface area contributed by atoms with Crippen LogP contribution in [0.2, 0.25) is 0 Å². The van der Waals surface area contributed by atoms with E-state index in [0.717, 1.165) is 43.5 Å². The molecular formula is C15H21N3O2. The number of hydrogen-bond acceptors (Lipinski definition) is 5. The van der Waals surface area contributed by atoms with Crippen LogP contribution in [0, 0.1) is 0 Å². The molecule has 1 heterocycles. The van der Waals surface area contributed by atoms with Gasteiger partial charge in [-0.25, -0.2) is 0 Å². The molecule has 2 rings (SSSR count). The summed E-state index contributed by atoms with van der Waals surface area (Å²) in [4.78, 5) is 4.41. The van der Waals surface area contributed by atoms with Crippen molar-refractivity contribution in [3.8, 4) is 5.75 Å². The molecule has 1 aromatic carbocycles. The molecule has 0 aliphatic carbocycles. The highest BCUT2D eigenvalue weighted by atomic mass is 16.5. The molecule has 0 aliphatic rings. The molecule has 0 radical (unpaired) electrons. The Morgan fingerprint density at radius 1 is 1.20 bits per heavy atom. The lowest BCUT2D eigenvalue weighted by Gasteiger charge is -2.05. The van der Waals surface area contributed by atoms with Gasteiger partial charge in [-0.3, -0.25) is 0 Å². The first kappa shape index (κ1) is 14.5. The minimum atomic E-state index is 0.621. The van der Waals surface area contributed by atoms with Gasteiger partial charge >= 0.3 is 0 Å². The molecule has 2 N–H and O–H groups in total. The minimum Gasteiger partial charge on any atom is -0.496 e. The van der Waals surface area contributed by atoms with Crippen molar-refractivity contribution in [3.63, 3.8) is 0 Å². The van der Waals surface area contributed by atoms with E-state index in [1.165, 1.54) is 0 Å². The average molecular weight is 275 g/mol. The molecule has 108 valence electrons. The predicted molar refractivity (Wildman–Crippen MR) is 76.7 cm³/mol. The van der Waals surface area contributed by atoms with Crippen molar-refractivity contribution in [2.75, 3.05) is 13.7 Å². The Morgan fingerprint density at radius 3 is 2.85 bits per heavy atom. The van der Waals surface area contributed by atoms with Crippen LogP contribution in [-0.2, 0) is 12.8 Å². The lowest BCUT2D eigenvalue weighted by molar-refractivity contribution is 0.369. The van der Waals surface area contributed by atoms with Crippen LogP contribution < -0.4 is 10.5 Å². The second-order valence-electron chi connectivity index (χ2n) is 4.69. The summed E-state index contributed by atoms with van der Waals surface area (Å²) in [7, 11) is 1.66. The number of aromatic nitrogens is 2. The predicted octanol–water partition coefficient (Wildman–Crippen LogP) is 2.34. The molecule has 5 heteroatoms. The number of hydrogen-bond donors (Lipinski definition) is 1. The zero-order valence-corrected chi connectivity index (χ0v) is 11.8. The fourth-order valence-electron chi connectivity index (χ4n) is 2.08. The monoisotopic (exact) mass is 275 g/mol. The molecule has 0 bridgehead atoms. The lowest BCUT2D eigenvalue weighted by atomic mass is 10.1. The molecule has 20 heavy (non-hydrogen) atoms. The maximum Gasteiger partial charge on any atom is 0.226 e. The molecule has 0 atom stereocenters. The second-order valence-corrected chi connectivity index (χ2v) is 4.69. The van der Waals surface area contributed by atoms with Crippen molar-refractivity contribution in [1.82, 2.24) is 10.1 Å². The Morgan fingerprint density at radius 2 is 2.05 bits per heavy atom. The summed E-state index contributed by atoms with van der Waals surface area (Å²) in [5.41, 5.74) is 6.52. The van der Waals surface area contributed by atoms with Gasteiger partial charge in [0.1, 0.15) is 5.75 Å². The smallest absolute Gasteiger partial charge is 0.226 e. The van der Waals surface area contributed by atoms with E-state index in [4.69, 9.17) is 15.0 Å². The summed E-state index contributed by atoms with van der Waals surface area (Å²) < 4.78 is 10.6. The summed E-state index contributed by atoms with van der Waals surface area (Å²) in [5, 5.41) is 4.02. The Balaban J connectivity index is 1.92. The Labute approximate surface area is 119 Å². The zero-order valence-electron chi connectivity index (χ0n) is 11.8. The van der Waals surface area contributed by atoms with Crippen LogP contribution in [-0.4, -0.2) is 23.8 Å². The van der Waals surface area contributed by atoms with Gasteiger partial charge in [-0.05, 0) is 25.5 Å². The summed E-state index contributed by atoms with van der Waals surface area (Å²) in [6.45, 7) is 0.739. The van der Waals surface area contributed by atoms with Crippen molar-refractivity contribution >= 4 is 0 Å². The molecule has 2 aromatic rings. The van der Waals surface area contributed by atoms with Gasteiger partial charge in [-0.15, -0.1) is 0 Å². The van der Waals surface area contributed by atoms with E-state index in [1.807, 2.05) is 24.3 Å². The topological polar surface area (TPSA) is 74.2 Å². The zero-order chi connectivity index (χ0) is 14.2. The van der Waals surface area contributed by atoms with Crippen LogP contribution in [0.5, 0.6) is 5.75 Å². The van der Waals surface area contributed by atoms with Gasteiger partial charge in [0.05, 0.1) is 7.11 Å². The van der Waals surface area contributed by atoms with E-state index in [1.54, 1.807) is 7.11 Å². The fourth-order valence-corrected chi connectivity index (χ4v) is 2.08. The minimum absolute atomic E-state index is 0.621. The lowest BCUT2D eigenvalue weighted by Crippen LogP contribution is -1.98. The van der Waals surface area contributed by atoms with E-state index in [-0.39, 0.29) is 0 Å². The third-order valence-electron chi connectivity index (χ3n) is 3.15. The molecule has 0 saturated carbocycles. The fraction of sp³-hybridized carbons (Fsp3) is 0.467. The van der Waals surface area contributed by atoms with Crippen molar-refractivity contribution in [2.45, 2.75) is 32.1 Å². The Kier molecular flexibility index (Phi) is 5.55. The van der Waals surface area contributed by atoms with Gasteiger partial charge in [-0.2, -0.15) is 4.98 Å². The maximum atomic E-state index is 5.46. The first-order chi connectivity index (χ1) is 9.83. The van der Waals surface area contributed by atoms with Gasteiger partial charge in [0.2, 0.25) is 5.89 Å². The van der Waals surface area contributed by atoms with E-state index in [2.05, 4.69) is 10.1 Å². The van der Waals surface area contributed by atoms with Gasteiger partial charge in [0.25, 0.3) is 0 Å². The summed E-state index contributed by atoms with van der Waals surface area (Å²) in [5.74, 6) is 2.25. The van der Waals surface area contributed by atoms with Crippen molar-refractivity contribution in [2.24, 2.45) is 5.73 Å². The molecule has 0 saturated heterocycles. The number of rotatable bonds is 8. The van der Waals surface area contributed by atoms with E-state index >= 15 is 0 Å². The number of aryl methyl sites for hydroxylation is 1. The molecule has 0 amide bonds. The highest BCUT2D eigenvalue weighted by Gasteiger charge is 2.09. The number of ether oxygens (including phenoxy) is 1. The third kappa shape index (κ3) is 4.06. The van der Waals surface area contributed by atoms with Crippen molar-refractivity contribution in [1.29, 1.82) is 0 Å². The molecule has 5 nitrogen and oxygen atoms in total. The van der Waals surface area contributed by atoms with E-state index in [0.29, 0.717) is 18.1 Å². The van der Waals surface area contributed by atoms with E-state index in [9.17, 15) is 0 Å². The first-order valence-corrected chi connectivity index (χ1v) is 6.97. The largest absolute Gasteiger partial charge is 0.496 e. The molecule has 0 fully saturated rings. The number of unbranched alkanes of at least 4 members (excludes halogenated alkanes) is 2. The highest BCUT2D eigenvalue weighted by molar-refractivity contribution is 5.35. The Hall–Kier alpha value is -1.88. The Bertz CT molecular complexity index is 525. The molecule has 0 unspecified atom stereocenters. The molecule has 0 aliphatic heterocycles. The number of para-hydroxylation sites is 1. The number of nitrogens with zero attached hydrogens (tertiary/aromatic N) is 2.